The fourth-order valence-electron chi connectivity index (χ4n) is 2.04. The number of hydrogen-bond donors (Lipinski definition) is 1. The van der Waals surface area contributed by atoms with E-state index in [9.17, 15) is 4.79 Å². The summed E-state index contributed by atoms with van der Waals surface area (Å²) in [5, 5.41) is 3.86. The fourth-order valence-corrected chi connectivity index (χ4v) is 2.04. The van der Waals surface area contributed by atoms with Crippen molar-refractivity contribution >= 4 is 12.1 Å². The van der Waals surface area contributed by atoms with E-state index in [-0.39, 0.29) is 12.5 Å². The molecular weight excluding hydrogens is 290 g/mol. The summed E-state index contributed by atoms with van der Waals surface area (Å²) in [5.41, 5.74) is 5.28. The zero-order valence-electron chi connectivity index (χ0n) is 13.6. The first-order valence-corrected chi connectivity index (χ1v) is 7.52. The summed E-state index contributed by atoms with van der Waals surface area (Å²) in [6, 6.07) is 11.5. The molecule has 0 unspecified atom stereocenters. The molecule has 0 atom stereocenters. The molecule has 0 saturated heterocycles. The van der Waals surface area contributed by atoms with Crippen molar-refractivity contribution in [1.82, 2.24) is 10.4 Å². The first-order chi connectivity index (χ1) is 11.1. The van der Waals surface area contributed by atoms with Crippen LogP contribution in [0.25, 0.3) is 0 Å². The van der Waals surface area contributed by atoms with Crippen molar-refractivity contribution in [3.05, 3.63) is 59.4 Å². The Morgan fingerprint density at radius 2 is 2.17 bits per heavy atom. The summed E-state index contributed by atoms with van der Waals surface area (Å²) in [4.78, 5) is 15.9. The minimum atomic E-state index is -0.312. The van der Waals surface area contributed by atoms with Crippen LogP contribution in [0.5, 0.6) is 5.75 Å². The molecule has 1 N–H and O–H groups in total. The average molecular weight is 311 g/mol. The standard InChI is InChI=1S/C18H21N3O2/c1-13(2)16-8-7-14(3)10-17(16)23-12-18(22)21-20-11-15-6-4-5-9-19-15/h4-11,13H,12H2,1-3H3,(H,21,22)/b20-11+. The van der Waals surface area contributed by atoms with Gasteiger partial charge in [0.25, 0.3) is 5.91 Å². The van der Waals surface area contributed by atoms with Gasteiger partial charge in [-0.05, 0) is 42.2 Å². The van der Waals surface area contributed by atoms with E-state index >= 15 is 0 Å². The van der Waals surface area contributed by atoms with Gasteiger partial charge in [0.05, 0.1) is 11.9 Å². The highest BCUT2D eigenvalue weighted by Crippen LogP contribution is 2.27. The van der Waals surface area contributed by atoms with E-state index in [0.717, 1.165) is 16.9 Å². The van der Waals surface area contributed by atoms with Crippen LogP contribution in [0.15, 0.2) is 47.7 Å². The molecule has 0 aliphatic rings. The van der Waals surface area contributed by atoms with Gasteiger partial charge < -0.3 is 4.74 Å². The van der Waals surface area contributed by atoms with E-state index in [2.05, 4.69) is 29.4 Å². The van der Waals surface area contributed by atoms with Crippen LogP contribution in [0.4, 0.5) is 0 Å². The lowest BCUT2D eigenvalue weighted by Crippen LogP contribution is -2.25. The second-order valence-electron chi connectivity index (χ2n) is 5.53. The van der Waals surface area contributed by atoms with Gasteiger partial charge in [-0.25, -0.2) is 5.43 Å². The number of aryl methyl sites for hydroxylation is 1. The highest BCUT2D eigenvalue weighted by molar-refractivity contribution is 5.81. The number of ether oxygens (including phenoxy) is 1. The molecule has 5 nitrogen and oxygen atoms in total. The number of rotatable bonds is 6. The van der Waals surface area contributed by atoms with Gasteiger partial charge in [-0.1, -0.05) is 32.0 Å². The zero-order chi connectivity index (χ0) is 16.7. The largest absolute Gasteiger partial charge is 0.483 e. The lowest BCUT2D eigenvalue weighted by Gasteiger charge is -2.14. The van der Waals surface area contributed by atoms with Gasteiger partial charge in [-0.2, -0.15) is 5.10 Å². The molecule has 5 heteroatoms. The van der Waals surface area contributed by atoms with Crippen molar-refractivity contribution in [3.63, 3.8) is 0 Å². The van der Waals surface area contributed by atoms with Crippen LogP contribution in [0.3, 0.4) is 0 Å². The van der Waals surface area contributed by atoms with Crippen LogP contribution in [0, 0.1) is 6.92 Å². The van der Waals surface area contributed by atoms with Crippen molar-refractivity contribution in [1.29, 1.82) is 0 Å². The first kappa shape index (κ1) is 16.7. The highest BCUT2D eigenvalue weighted by Gasteiger charge is 2.09. The number of nitrogens with zero attached hydrogens (tertiary/aromatic N) is 2. The molecular formula is C18H21N3O2. The topological polar surface area (TPSA) is 63.6 Å². The maximum Gasteiger partial charge on any atom is 0.277 e. The van der Waals surface area contributed by atoms with Crippen molar-refractivity contribution in [2.45, 2.75) is 26.7 Å². The van der Waals surface area contributed by atoms with Crippen molar-refractivity contribution in [2.24, 2.45) is 5.10 Å². The molecule has 0 bridgehead atoms. The molecule has 1 heterocycles. The van der Waals surface area contributed by atoms with E-state index in [0.29, 0.717) is 11.6 Å². The monoisotopic (exact) mass is 311 g/mol. The Balaban J connectivity index is 1.90. The minimum Gasteiger partial charge on any atom is -0.483 e. The molecule has 0 aliphatic carbocycles. The Bertz CT molecular complexity index is 682. The number of nitrogens with one attached hydrogen (secondary N) is 1. The van der Waals surface area contributed by atoms with Gasteiger partial charge in [0.2, 0.25) is 0 Å². The Kier molecular flexibility index (Phi) is 5.86. The van der Waals surface area contributed by atoms with E-state index in [1.807, 2.05) is 37.3 Å². The summed E-state index contributed by atoms with van der Waals surface area (Å²) in [6.07, 6.45) is 3.15. The molecule has 1 aromatic carbocycles. The summed E-state index contributed by atoms with van der Waals surface area (Å²) in [7, 11) is 0. The highest BCUT2D eigenvalue weighted by atomic mass is 16.5. The van der Waals surface area contributed by atoms with Gasteiger partial charge in [-0.3, -0.25) is 9.78 Å². The number of amides is 1. The third kappa shape index (κ3) is 5.21. The number of carbonyl (C=O) groups is 1. The maximum atomic E-state index is 11.8. The first-order valence-electron chi connectivity index (χ1n) is 7.52. The summed E-state index contributed by atoms with van der Waals surface area (Å²) >= 11 is 0. The van der Waals surface area contributed by atoms with Gasteiger partial charge in [-0.15, -0.1) is 0 Å². The van der Waals surface area contributed by atoms with Gasteiger partial charge in [0.1, 0.15) is 5.75 Å². The van der Waals surface area contributed by atoms with Crippen LogP contribution in [0.2, 0.25) is 0 Å². The predicted molar refractivity (Wildman–Crippen MR) is 90.7 cm³/mol. The SMILES string of the molecule is Cc1ccc(C(C)C)c(OCC(=O)N/N=C/c2ccccn2)c1. The van der Waals surface area contributed by atoms with Crippen LogP contribution >= 0.6 is 0 Å². The van der Waals surface area contributed by atoms with Gasteiger partial charge in [0.15, 0.2) is 6.61 Å². The molecule has 0 spiro atoms. The summed E-state index contributed by atoms with van der Waals surface area (Å²) in [5.74, 6) is 0.757. The molecule has 0 aliphatic heterocycles. The molecule has 120 valence electrons. The third-order valence-electron chi connectivity index (χ3n) is 3.22. The second-order valence-corrected chi connectivity index (χ2v) is 5.53. The smallest absolute Gasteiger partial charge is 0.277 e. The van der Waals surface area contributed by atoms with Crippen LogP contribution in [-0.2, 0) is 4.79 Å². The normalized spacial score (nSPS) is 11.0. The van der Waals surface area contributed by atoms with Crippen LogP contribution < -0.4 is 10.2 Å². The Morgan fingerprint density at radius 1 is 1.35 bits per heavy atom. The summed E-state index contributed by atoms with van der Waals surface area (Å²) in [6.45, 7) is 6.10. The number of hydrazone groups is 1. The van der Waals surface area contributed by atoms with E-state index < -0.39 is 0 Å². The van der Waals surface area contributed by atoms with Gasteiger partial charge in [0, 0.05) is 6.20 Å². The number of carbonyl (C=O) groups excluding carboxylic acids is 1. The minimum absolute atomic E-state index is 0.0806. The zero-order valence-corrected chi connectivity index (χ0v) is 13.6. The molecule has 0 radical (unpaired) electrons. The lowest BCUT2D eigenvalue weighted by atomic mass is 10.0. The number of hydrogen-bond acceptors (Lipinski definition) is 4. The van der Waals surface area contributed by atoms with Gasteiger partial charge >= 0.3 is 0 Å². The summed E-state index contributed by atoms with van der Waals surface area (Å²) < 4.78 is 5.64. The Hall–Kier alpha value is -2.69. The molecule has 1 amide bonds. The molecule has 0 saturated carbocycles. The van der Waals surface area contributed by atoms with E-state index in [1.165, 1.54) is 6.21 Å². The molecule has 2 rings (SSSR count). The van der Waals surface area contributed by atoms with Crippen molar-refractivity contribution in [2.75, 3.05) is 6.61 Å². The van der Waals surface area contributed by atoms with E-state index in [4.69, 9.17) is 4.74 Å². The number of aromatic nitrogens is 1. The quantitative estimate of drug-likeness (QED) is 0.659. The Morgan fingerprint density at radius 3 is 2.87 bits per heavy atom. The van der Waals surface area contributed by atoms with E-state index in [1.54, 1.807) is 12.3 Å². The predicted octanol–water partition coefficient (Wildman–Crippen LogP) is 3.04. The van der Waals surface area contributed by atoms with Crippen LogP contribution in [-0.4, -0.2) is 23.7 Å². The third-order valence-corrected chi connectivity index (χ3v) is 3.22. The Labute approximate surface area is 136 Å². The second kappa shape index (κ2) is 8.08. The average Bonchev–Trinajstić information content (AvgIpc) is 2.53. The van der Waals surface area contributed by atoms with Crippen LogP contribution in [0.1, 0.15) is 36.6 Å². The number of pyridine rings is 1. The maximum absolute atomic E-state index is 11.8. The lowest BCUT2D eigenvalue weighted by molar-refractivity contribution is -0.123. The molecule has 23 heavy (non-hydrogen) atoms. The van der Waals surface area contributed by atoms with Crippen molar-refractivity contribution in [3.8, 4) is 5.75 Å². The molecule has 1 aromatic heterocycles. The molecule has 2 aromatic rings. The number of benzene rings is 1. The molecule has 0 fully saturated rings. The fraction of sp³-hybridized carbons (Fsp3) is 0.278. The van der Waals surface area contributed by atoms with Crippen molar-refractivity contribution < 1.29 is 9.53 Å².